The predicted octanol–water partition coefficient (Wildman–Crippen LogP) is 15.4. The summed E-state index contributed by atoms with van der Waals surface area (Å²) in [7, 11) is 0. The SMILES string of the molecule is CC1(C)c2ccccc2-c2cccc(N(c3ccc(-c4ccc5c6ccccc6c6ccccc6c5c4)cc3)c3cccc(-c4cccc5ccccc45)c3)c21. The number of hydrogen-bond acceptors (Lipinski definition) is 1. The molecule has 10 aromatic rings. The van der Waals surface area contributed by atoms with Crippen LogP contribution in [0.2, 0.25) is 0 Å². The highest BCUT2D eigenvalue weighted by molar-refractivity contribution is 6.25. The Bertz CT molecular complexity index is 3130. The van der Waals surface area contributed by atoms with E-state index < -0.39 is 0 Å². The summed E-state index contributed by atoms with van der Waals surface area (Å²) in [6.45, 7) is 4.75. The van der Waals surface area contributed by atoms with Crippen LogP contribution in [0.5, 0.6) is 0 Å². The molecule has 0 aromatic heterocycles. The van der Waals surface area contributed by atoms with Gasteiger partial charge in [0.1, 0.15) is 0 Å². The molecule has 0 heterocycles. The molecule has 10 aromatic carbocycles. The standard InChI is InChI=1S/C55H39N/c1-55(2)52-26-10-9-23-49(52)50-25-13-27-53(54(50)55)56(41-17-11-16-39(34-41)43-24-12-15-37-14-3-4-18-42(37)43)40-31-28-36(29-32-40)38-30-33-48-46-21-6-5-19-44(46)45-20-7-8-22-47(45)51(48)35-38/h3-35H,1-2H3. The van der Waals surface area contributed by atoms with Gasteiger partial charge in [0.25, 0.3) is 0 Å². The van der Waals surface area contributed by atoms with Gasteiger partial charge in [-0.3, -0.25) is 0 Å². The van der Waals surface area contributed by atoms with E-state index in [0.29, 0.717) is 0 Å². The van der Waals surface area contributed by atoms with E-state index in [2.05, 4.69) is 219 Å². The monoisotopic (exact) mass is 713 g/mol. The quantitative estimate of drug-likeness (QED) is 0.161. The van der Waals surface area contributed by atoms with Crippen molar-refractivity contribution in [2.75, 3.05) is 4.90 Å². The first-order chi connectivity index (χ1) is 27.5. The molecule has 1 aliphatic carbocycles. The molecular weight excluding hydrogens is 675 g/mol. The lowest BCUT2D eigenvalue weighted by Crippen LogP contribution is -2.20. The molecule has 0 amide bonds. The Morgan fingerprint density at radius 2 is 0.893 bits per heavy atom. The van der Waals surface area contributed by atoms with Gasteiger partial charge in [-0.15, -0.1) is 0 Å². The number of nitrogens with zero attached hydrogens (tertiary/aromatic N) is 1. The van der Waals surface area contributed by atoms with E-state index >= 15 is 0 Å². The van der Waals surface area contributed by atoms with Crippen molar-refractivity contribution in [3.63, 3.8) is 0 Å². The summed E-state index contributed by atoms with van der Waals surface area (Å²) in [5.41, 5.74) is 13.5. The Labute approximate surface area is 327 Å². The highest BCUT2D eigenvalue weighted by atomic mass is 15.1. The molecule has 56 heavy (non-hydrogen) atoms. The average Bonchev–Trinajstić information content (AvgIpc) is 3.50. The topological polar surface area (TPSA) is 3.24 Å². The van der Waals surface area contributed by atoms with Gasteiger partial charge in [-0.25, -0.2) is 0 Å². The van der Waals surface area contributed by atoms with Crippen LogP contribution in [0.25, 0.3) is 76.5 Å². The summed E-state index contributed by atoms with van der Waals surface area (Å²) in [6, 6.07) is 73.9. The second-order valence-electron chi connectivity index (χ2n) is 15.7. The lowest BCUT2D eigenvalue weighted by molar-refractivity contribution is 0.661. The molecule has 1 nitrogen and oxygen atoms in total. The van der Waals surface area contributed by atoms with E-state index in [1.165, 1.54) is 93.3 Å². The maximum Gasteiger partial charge on any atom is 0.0508 e. The van der Waals surface area contributed by atoms with E-state index in [9.17, 15) is 0 Å². The van der Waals surface area contributed by atoms with Crippen LogP contribution in [0.4, 0.5) is 17.1 Å². The normalized spacial score (nSPS) is 13.0. The van der Waals surface area contributed by atoms with Crippen LogP contribution >= 0.6 is 0 Å². The van der Waals surface area contributed by atoms with Crippen molar-refractivity contribution in [2.24, 2.45) is 0 Å². The number of benzene rings is 10. The van der Waals surface area contributed by atoms with Gasteiger partial charge in [0.05, 0.1) is 5.69 Å². The van der Waals surface area contributed by atoms with Crippen LogP contribution < -0.4 is 4.90 Å². The fourth-order valence-corrected chi connectivity index (χ4v) is 9.61. The van der Waals surface area contributed by atoms with Crippen molar-refractivity contribution in [3.8, 4) is 33.4 Å². The van der Waals surface area contributed by atoms with Crippen molar-refractivity contribution in [1.82, 2.24) is 0 Å². The van der Waals surface area contributed by atoms with E-state index in [1.807, 2.05) is 0 Å². The largest absolute Gasteiger partial charge is 0.310 e. The average molecular weight is 714 g/mol. The molecular formula is C55H39N. The lowest BCUT2D eigenvalue weighted by Gasteiger charge is -2.32. The molecule has 264 valence electrons. The summed E-state index contributed by atoms with van der Waals surface area (Å²) in [5, 5.41) is 10.3. The molecule has 0 unspecified atom stereocenters. The minimum Gasteiger partial charge on any atom is -0.310 e. The zero-order chi connectivity index (χ0) is 37.4. The molecule has 1 heteroatoms. The second-order valence-corrected chi connectivity index (χ2v) is 15.7. The van der Waals surface area contributed by atoms with E-state index in [0.717, 1.165) is 11.4 Å². The number of fused-ring (bicyclic) bond motifs is 10. The van der Waals surface area contributed by atoms with Crippen molar-refractivity contribution in [3.05, 3.63) is 211 Å². The van der Waals surface area contributed by atoms with Gasteiger partial charge in [-0.1, -0.05) is 178 Å². The summed E-state index contributed by atoms with van der Waals surface area (Å²) in [5.74, 6) is 0. The highest BCUT2D eigenvalue weighted by Crippen LogP contribution is 2.54. The van der Waals surface area contributed by atoms with Crippen LogP contribution in [0, 0.1) is 0 Å². The molecule has 11 rings (SSSR count). The molecule has 0 atom stereocenters. The summed E-state index contributed by atoms with van der Waals surface area (Å²) in [4.78, 5) is 2.48. The molecule has 1 aliphatic rings. The number of anilines is 3. The Morgan fingerprint density at radius 3 is 1.66 bits per heavy atom. The molecule has 0 bridgehead atoms. The first-order valence-corrected chi connectivity index (χ1v) is 19.6. The van der Waals surface area contributed by atoms with Crippen molar-refractivity contribution >= 4 is 60.2 Å². The van der Waals surface area contributed by atoms with Crippen LogP contribution in [-0.4, -0.2) is 0 Å². The van der Waals surface area contributed by atoms with Gasteiger partial charge in [0, 0.05) is 16.8 Å². The van der Waals surface area contributed by atoms with Gasteiger partial charge in [0.15, 0.2) is 0 Å². The summed E-state index contributed by atoms with van der Waals surface area (Å²) >= 11 is 0. The first-order valence-electron chi connectivity index (χ1n) is 19.6. The van der Waals surface area contributed by atoms with Gasteiger partial charge in [-0.2, -0.15) is 0 Å². The van der Waals surface area contributed by atoms with Crippen LogP contribution in [0.3, 0.4) is 0 Å². The van der Waals surface area contributed by atoms with Crippen molar-refractivity contribution in [1.29, 1.82) is 0 Å². The fraction of sp³-hybridized carbons (Fsp3) is 0.0545. The number of hydrogen-bond donors (Lipinski definition) is 0. The third-order valence-corrected chi connectivity index (χ3v) is 12.2. The van der Waals surface area contributed by atoms with Crippen molar-refractivity contribution < 1.29 is 0 Å². The van der Waals surface area contributed by atoms with Gasteiger partial charge < -0.3 is 4.90 Å². The Morgan fingerprint density at radius 1 is 0.339 bits per heavy atom. The molecule has 0 saturated heterocycles. The molecule has 0 spiro atoms. The Kier molecular flexibility index (Phi) is 7.28. The van der Waals surface area contributed by atoms with Crippen LogP contribution in [0.15, 0.2) is 200 Å². The molecule has 0 aliphatic heterocycles. The van der Waals surface area contributed by atoms with E-state index in [-0.39, 0.29) is 5.41 Å². The minimum absolute atomic E-state index is 0.175. The summed E-state index contributed by atoms with van der Waals surface area (Å²) in [6.07, 6.45) is 0. The Hall–Kier alpha value is -6.96. The molecule has 0 fully saturated rings. The smallest absolute Gasteiger partial charge is 0.0508 e. The van der Waals surface area contributed by atoms with E-state index in [4.69, 9.17) is 0 Å². The molecule has 0 saturated carbocycles. The van der Waals surface area contributed by atoms with Crippen LogP contribution in [-0.2, 0) is 5.41 Å². The lowest BCUT2D eigenvalue weighted by atomic mass is 9.81. The highest BCUT2D eigenvalue weighted by Gasteiger charge is 2.38. The minimum atomic E-state index is -0.175. The van der Waals surface area contributed by atoms with Gasteiger partial charge >= 0.3 is 0 Å². The van der Waals surface area contributed by atoms with Gasteiger partial charge in [-0.05, 0) is 124 Å². The van der Waals surface area contributed by atoms with Crippen molar-refractivity contribution in [2.45, 2.75) is 19.3 Å². The van der Waals surface area contributed by atoms with Crippen LogP contribution in [0.1, 0.15) is 25.0 Å². The number of rotatable bonds is 5. The molecule has 0 N–H and O–H groups in total. The molecule has 0 radical (unpaired) electrons. The zero-order valence-corrected chi connectivity index (χ0v) is 31.5. The first kappa shape index (κ1) is 32.5. The maximum atomic E-state index is 2.48. The fourth-order valence-electron chi connectivity index (χ4n) is 9.61. The zero-order valence-electron chi connectivity index (χ0n) is 31.5. The maximum absolute atomic E-state index is 2.48. The predicted molar refractivity (Wildman–Crippen MR) is 240 cm³/mol. The van der Waals surface area contributed by atoms with Gasteiger partial charge in [0.2, 0.25) is 0 Å². The Balaban J connectivity index is 1.08. The third kappa shape index (κ3) is 4.94. The van der Waals surface area contributed by atoms with E-state index in [1.54, 1.807) is 0 Å². The second kappa shape index (κ2) is 12.5. The third-order valence-electron chi connectivity index (χ3n) is 12.2. The summed E-state index contributed by atoms with van der Waals surface area (Å²) < 4.78 is 0.